The van der Waals surface area contributed by atoms with Crippen molar-refractivity contribution in [1.29, 1.82) is 0 Å². The average Bonchev–Trinajstić information content (AvgIpc) is 3.34. The van der Waals surface area contributed by atoms with E-state index in [2.05, 4.69) is 0 Å². The lowest BCUT2D eigenvalue weighted by Crippen LogP contribution is -2.41. The van der Waals surface area contributed by atoms with E-state index in [-0.39, 0.29) is 110 Å². The van der Waals surface area contributed by atoms with Crippen molar-refractivity contribution >= 4 is 46.8 Å². The van der Waals surface area contributed by atoms with Gasteiger partial charge in [-0.05, 0) is 86.8 Å². The molecule has 418 valence electrons. The lowest BCUT2D eigenvalue weighted by molar-refractivity contribution is -0.117. The first-order valence-corrected chi connectivity index (χ1v) is 25.0. The van der Waals surface area contributed by atoms with Crippen molar-refractivity contribution in [3.8, 4) is 0 Å². The largest absolute Gasteiger partial charge is 0.394 e. The van der Waals surface area contributed by atoms with Crippen LogP contribution in [0.1, 0.15) is 128 Å². The summed E-state index contributed by atoms with van der Waals surface area (Å²) >= 11 is 0. The van der Waals surface area contributed by atoms with Crippen LogP contribution >= 0.6 is 0 Å². The third kappa shape index (κ3) is 16.2. The zero-order valence-electron chi connectivity index (χ0n) is 45.4. The number of likely N-dealkylation sites (N-methyl/N-ethyl adjacent to an activating group) is 4. The fraction of sp³-hybridized carbons (Fsp3) is 0.654. The second-order valence-electron chi connectivity index (χ2n) is 19.3. The van der Waals surface area contributed by atoms with E-state index in [1.807, 2.05) is 0 Å². The number of amides is 6. The van der Waals surface area contributed by atoms with E-state index in [0.29, 0.717) is 35.1 Å². The zero-order chi connectivity index (χ0) is 56.6. The first-order valence-electron chi connectivity index (χ1n) is 25.0. The number of carbonyl (C=O) groups excluding carboxylic acids is 6. The van der Waals surface area contributed by atoms with Gasteiger partial charge in [0.05, 0.1) is 87.5 Å². The third-order valence-corrected chi connectivity index (χ3v) is 13.3. The van der Waals surface area contributed by atoms with E-state index in [0.717, 1.165) is 0 Å². The molecule has 0 fully saturated rings. The van der Waals surface area contributed by atoms with Crippen LogP contribution in [0.15, 0.2) is 0 Å². The first kappa shape index (κ1) is 65.0. The van der Waals surface area contributed by atoms with Crippen LogP contribution in [0.25, 0.3) is 0 Å². The van der Waals surface area contributed by atoms with Gasteiger partial charge in [-0.3, -0.25) is 28.8 Å². The van der Waals surface area contributed by atoms with Crippen LogP contribution in [-0.2, 0) is 22.4 Å². The van der Waals surface area contributed by atoms with Gasteiger partial charge >= 0.3 is 0 Å². The van der Waals surface area contributed by atoms with E-state index in [1.54, 1.807) is 41.5 Å². The molecule has 22 nitrogen and oxygen atoms in total. The normalized spacial score (nSPS) is 13.9. The van der Waals surface area contributed by atoms with Crippen LogP contribution in [0.5, 0.6) is 0 Å². The molecule has 2 aromatic rings. The predicted molar refractivity (Wildman–Crippen MR) is 277 cm³/mol. The number of unbranched alkanes of at least 4 members (excludes halogenated alkanes) is 1. The summed E-state index contributed by atoms with van der Waals surface area (Å²) in [5.41, 5.74) is 2.57. The molecule has 0 aliphatic carbocycles. The maximum atomic E-state index is 14.2. The Labute approximate surface area is 435 Å². The molecule has 0 aliphatic rings. The predicted octanol–water partition coefficient (Wildman–Crippen LogP) is -0.566. The summed E-state index contributed by atoms with van der Waals surface area (Å²) in [7, 11) is 5.65. The van der Waals surface area contributed by atoms with E-state index >= 15 is 0 Å². The summed E-state index contributed by atoms with van der Waals surface area (Å²) in [4.78, 5) is 91.3. The Balaban J connectivity index is 2.59. The molecule has 6 atom stereocenters. The number of nitrogens with zero attached hydrogens (tertiary/aromatic N) is 6. The molecular weight excluding hydrogens is 965 g/mol. The monoisotopic (exact) mass is 1050 g/mol. The highest BCUT2D eigenvalue weighted by molar-refractivity contribution is 6.09. The molecule has 0 saturated heterocycles. The summed E-state index contributed by atoms with van der Waals surface area (Å²) in [6.07, 6.45) is -6.17. The van der Waals surface area contributed by atoms with Crippen LogP contribution in [0.2, 0.25) is 0 Å². The topological polar surface area (TPSA) is 324 Å². The van der Waals surface area contributed by atoms with Crippen LogP contribution < -0.4 is 9.80 Å². The molecule has 10 N–H and O–H groups in total. The van der Waals surface area contributed by atoms with Gasteiger partial charge in [-0.1, -0.05) is 26.7 Å². The summed E-state index contributed by atoms with van der Waals surface area (Å²) < 4.78 is 0. The molecule has 0 bridgehead atoms. The average molecular weight is 1050 g/mol. The minimum absolute atomic E-state index is 0.0478. The number of carbonyl (C=O) groups is 6. The van der Waals surface area contributed by atoms with Crippen molar-refractivity contribution < 1.29 is 79.8 Å². The number of hydrogen-bond donors (Lipinski definition) is 10. The van der Waals surface area contributed by atoms with Crippen molar-refractivity contribution in [3.63, 3.8) is 0 Å². The molecule has 2 rings (SSSR count). The Morgan fingerprint density at radius 2 is 0.635 bits per heavy atom. The Morgan fingerprint density at radius 1 is 0.392 bits per heavy atom. The van der Waals surface area contributed by atoms with Gasteiger partial charge in [0.2, 0.25) is 11.8 Å². The van der Waals surface area contributed by atoms with E-state index < -0.39 is 98.5 Å². The van der Waals surface area contributed by atoms with Crippen molar-refractivity contribution in [1.82, 2.24) is 19.6 Å². The molecule has 6 amide bonds. The van der Waals surface area contributed by atoms with Gasteiger partial charge in [0, 0.05) is 90.5 Å². The number of benzene rings is 2. The standard InChI is InChI=1S/C52H84N6O16/c1-13-41-45(51(73)55(11)21-39(69)27-61)29(3)43(49(71)53(9)19-37(67)25-59)31(5)47(41)57(33(7)63)23-35(65)17-15-16-18-36(66)24-58(34(8)64)48-32(6)44(50(72)54(10)20-38(68)26-60)30(4)46(42(48)14-2)52(74)56(12)22-40(70)28-62/h35-40,59-62,65-70H,13-28H2,1-12H3. The molecule has 0 spiro atoms. The van der Waals surface area contributed by atoms with Gasteiger partial charge in [0.1, 0.15) is 0 Å². The Hall–Kier alpha value is -5.14. The van der Waals surface area contributed by atoms with Crippen LogP contribution in [0, 0.1) is 27.7 Å². The molecule has 0 aromatic heterocycles. The lowest BCUT2D eigenvalue weighted by Gasteiger charge is -2.33. The summed E-state index contributed by atoms with van der Waals surface area (Å²) in [6.45, 7) is 8.36. The highest BCUT2D eigenvalue weighted by Crippen LogP contribution is 2.39. The van der Waals surface area contributed by atoms with Crippen molar-refractivity contribution in [2.75, 3.05) is 104 Å². The van der Waals surface area contributed by atoms with Crippen LogP contribution in [-0.4, -0.2) is 237 Å². The lowest BCUT2D eigenvalue weighted by atomic mass is 9.87. The Bertz CT molecular complexity index is 2120. The molecule has 74 heavy (non-hydrogen) atoms. The van der Waals surface area contributed by atoms with Gasteiger partial charge in [0.25, 0.3) is 23.6 Å². The van der Waals surface area contributed by atoms with Gasteiger partial charge in [0.15, 0.2) is 0 Å². The molecule has 0 heterocycles. The highest BCUT2D eigenvalue weighted by Gasteiger charge is 2.35. The number of aliphatic hydroxyl groups excluding tert-OH is 10. The van der Waals surface area contributed by atoms with Gasteiger partial charge in [-0.15, -0.1) is 0 Å². The minimum atomic E-state index is -1.27. The number of aliphatic hydroxyl groups is 10. The van der Waals surface area contributed by atoms with E-state index in [1.165, 1.54) is 71.4 Å². The number of anilines is 2. The van der Waals surface area contributed by atoms with Crippen molar-refractivity contribution in [2.24, 2.45) is 0 Å². The fourth-order valence-electron chi connectivity index (χ4n) is 9.54. The Kier molecular flexibility index (Phi) is 26.2. The van der Waals surface area contributed by atoms with Gasteiger partial charge < -0.3 is 80.5 Å². The zero-order valence-corrected chi connectivity index (χ0v) is 45.4. The molecule has 2 aromatic carbocycles. The summed E-state index contributed by atoms with van der Waals surface area (Å²) in [5.74, 6) is -3.50. The quantitative estimate of drug-likeness (QED) is 0.0457. The molecule has 0 saturated carbocycles. The van der Waals surface area contributed by atoms with Gasteiger partial charge in [-0.25, -0.2) is 0 Å². The number of hydrogen-bond acceptors (Lipinski definition) is 16. The van der Waals surface area contributed by atoms with E-state index in [9.17, 15) is 79.8 Å². The van der Waals surface area contributed by atoms with E-state index in [4.69, 9.17) is 0 Å². The second kappa shape index (κ2) is 29.8. The van der Waals surface area contributed by atoms with Crippen LogP contribution in [0.3, 0.4) is 0 Å². The third-order valence-electron chi connectivity index (χ3n) is 13.3. The molecule has 22 heteroatoms. The number of rotatable bonds is 29. The SMILES string of the molecule is CCc1c(C(=O)N(C)CC(O)CO)c(C)c(C(=O)N(C)CC(O)CO)c(C)c1N(CC(O)CCCCC(O)CN(C(C)=O)c1c(C)c(C(=O)N(C)CC(O)CO)c(C)c(C(=O)N(C)CC(O)CO)c1CC)C(C)=O. The molecule has 0 radical (unpaired) electrons. The molecular formula is C52H84N6O16. The summed E-state index contributed by atoms with van der Waals surface area (Å²) in [6, 6.07) is 0. The van der Waals surface area contributed by atoms with Crippen molar-refractivity contribution in [3.05, 3.63) is 55.6 Å². The first-order chi connectivity index (χ1) is 34.6. The van der Waals surface area contributed by atoms with Gasteiger partial charge in [-0.2, -0.15) is 0 Å². The smallest absolute Gasteiger partial charge is 0.254 e. The maximum Gasteiger partial charge on any atom is 0.254 e. The Morgan fingerprint density at radius 3 is 0.851 bits per heavy atom. The summed E-state index contributed by atoms with van der Waals surface area (Å²) in [5, 5.41) is 102. The highest BCUT2D eigenvalue weighted by atomic mass is 16.3. The molecule has 6 unspecified atom stereocenters. The minimum Gasteiger partial charge on any atom is -0.394 e. The van der Waals surface area contributed by atoms with Crippen molar-refractivity contribution in [2.45, 2.75) is 131 Å². The second-order valence-corrected chi connectivity index (χ2v) is 19.3. The fourth-order valence-corrected chi connectivity index (χ4v) is 9.54. The molecule has 0 aliphatic heterocycles. The maximum absolute atomic E-state index is 14.2. The van der Waals surface area contributed by atoms with Crippen LogP contribution in [0.4, 0.5) is 11.4 Å².